The summed E-state index contributed by atoms with van der Waals surface area (Å²) >= 11 is 8.05. The van der Waals surface area contributed by atoms with Gasteiger partial charge in [-0.2, -0.15) is 0 Å². The van der Waals surface area contributed by atoms with Gasteiger partial charge >= 0.3 is 0 Å². The third-order valence-corrected chi connectivity index (χ3v) is 9.86. The van der Waals surface area contributed by atoms with Crippen molar-refractivity contribution in [2.75, 3.05) is 31.1 Å². The Bertz CT molecular complexity index is 1360. The van der Waals surface area contributed by atoms with E-state index < -0.39 is 0 Å². The van der Waals surface area contributed by atoms with Crippen LogP contribution in [-0.2, 0) is 16.1 Å². The van der Waals surface area contributed by atoms with Crippen LogP contribution >= 0.6 is 23.4 Å². The summed E-state index contributed by atoms with van der Waals surface area (Å²) in [5.41, 5.74) is 2.25. The van der Waals surface area contributed by atoms with Crippen molar-refractivity contribution in [3.8, 4) is 0 Å². The number of hydrogen-bond donors (Lipinski definition) is 0. The number of rotatable bonds is 8. The zero-order valence-electron chi connectivity index (χ0n) is 22.7. The highest BCUT2D eigenvalue weighted by molar-refractivity contribution is 7.99. The van der Waals surface area contributed by atoms with Crippen molar-refractivity contribution in [2.24, 2.45) is 5.41 Å². The molecule has 0 radical (unpaired) electrons. The lowest BCUT2D eigenvalue weighted by molar-refractivity contribution is -0.155. The number of amides is 2. The first-order valence-electron chi connectivity index (χ1n) is 14.3. The topological polar surface area (TPSA) is 56.8 Å². The van der Waals surface area contributed by atoms with Crippen molar-refractivity contribution in [3.05, 3.63) is 77.4 Å². The van der Waals surface area contributed by atoms with Crippen LogP contribution in [-0.4, -0.2) is 52.8 Å². The Morgan fingerprint density at radius 2 is 1.55 bits per heavy atom. The van der Waals surface area contributed by atoms with Crippen molar-refractivity contribution in [3.63, 3.8) is 0 Å². The number of nitrogens with zero attached hydrogens (tertiary/aromatic N) is 4. The van der Waals surface area contributed by atoms with Crippen LogP contribution in [0.1, 0.15) is 50.5 Å². The van der Waals surface area contributed by atoms with Crippen molar-refractivity contribution >= 4 is 46.7 Å². The maximum Gasteiger partial charge on any atom is 0.229 e. The Hall–Kier alpha value is -2.87. The van der Waals surface area contributed by atoms with E-state index in [1.165, 1.54) is 15.4 Å². The second-order valence-corrected chi connectivity index (χ2v) is 12.8. The summed E-state index contributed by atoms with van der Waals surface area (Å²) < 4.78 is 0. The molecule has 0 unspecified atom stereocenters. The number of pyridine rings is 1. The number of likely N-dealkylation sites (tertiary alicyclic amines) is 2. The molecule has 0 N–H and O–H groups in total. The minimum absolute atomic E-state index is 0.0162. The standard InChI is InChI=1S/C32H35ClN4O2S/c33-25-11-12-27-26(20-25)36(31-28(40-27)10-7-15-34-31)16-5-2-6-17-37-29(38)21-32(22-30(37)39)13-18-35(19-14-32)23-24-8-3-1-4-9-24/h1,3-4,7-12,15,20H,2,5-6,13-14,16-19,21-23H2. The summed E-state index contributed by atoms with van der Waals surface area (Å²) in [5.74, 6) is 0.994. The number of anilines is 2. The van der Waals surface area contributed by atoms with E-state index in [9.17, 15) is 9.59 Å². The Kier molecular flexibility index (Phi) is 8.15. The second kappa shape index (κ2) is 11.9. The minimum atomic E-state index is -0.154. The summed E-state index contributed by atoms with van der Waals surface area (Å²) in [7, 11) is 0. The van der Waals surface area contributed by atoms with Crippen LogP contribution in [0.25, 0.3) is 0 Å². The van der Waals surface area contributed by atoms with Gasteiger partial charge in [0.1, 0.15) is 5.82 Å². The van der Waals surface area contributed by atoms with Gasteiger partial charge in [-0.15, -0.1) is 0 Å². The normalized spacial score (nSPS) is 18.6. The number of piperidine rings is 2. The van der Waals surface area contributed by atoms with Crippen LogP contribution in [0.2, 0.25) is 5.02 Å². The molecule has 40 heavy (non-hydrogen) atoms. The molecule has 3 aromatic rings. The van der Waals surface area contributed by atoms with E-state index in [2.05, 4.69) is 51.2 Å². The fourth-order valence-electron chi connectivity index (χ4n) is 6.29. The molecule has 0 bridgehead atoms. The van der Waals surface area contributed by atoms with Gasteiger partial charge in [0.15, 0.2) is 0 Å². The summed E-state index contributed by atoms with van der Waals surface area (Å²) in [6.07, 6.45) is 7.35. The quantitative estimate of drug-likeness (QED) is 0.214. The molecule has 3 aliphatic heterocycles. The van der Waals surface area contributed by atoms with Gasteiger partial charge in [0.2, 0.25) is 11.8 Å². The Morgan fingerprint density at radius 1 is 0.825 bits per heavy atom. The first-order valence-corrected chi connectivity index (χ1v) is 15.5. The van der Waals surface area contributed by atoms with Gasteiger partial charge < -0.3 is 4.90 Å². The van der Waals surface area contributed by atoms with E-state index >= 15 is 0 Å². The number of halogens is 1. The largest absolute Gasteiger partial charge is 0.324 e. The monoisotopic (exact) mass is 574 g/mol. The molecule has 2 amide bonds. The summed E-state index contributed by atoms with van der Waals surface area (Å²) in [6.45, 7) is 4.14. The molecule has 3 aliphatic rings. The van der Waals surface area contributed by atoms with Crippen LogP contribution in [0, 0.1) is 5.41 Å². The van der Waals surface area contributed by atoms with E-state index in [1.54, 1.807) is 11.8 Å². The van der Waals surface area contributed by atoms with E-state index in [4.69, 9.17) is 11.6 Å². The van der Waals surface area contributed by atoms with Gasteiger partial charge in [0, 0.05) is 48.6 Å². The van der Waals surface area contributed by atoms with Gasteiger partial charge in [-0.25, -0.2) is 4.98 Å². The number of unbranched alkanes of at least 4 members (excludes halogenated alkanes) is 2. The molecule has 2 fully saturated rings. The first-order chi connectivity index (χ1) is 19.5. The predicted molar refractivity (Wildman–Crippen MR) is 160 cm³/mol. The fraction of sp³-hybridized carbons (Fsp3) is 0.406. The third-order valence-electron chi connectivity index (χ3n) is 8.52. The molecular formula is C32H35ClN4O2S. The number of imide groups is 1. The van der Waals surface area contributed by atoms with E-state index in [0.29, 0.717) is 24.4 Å². The zero-order chi connectivity index (χ0) is 27.5. The number of carbonyl (C=O) groups is 2. The maximum absolute atomic E-state index is 13.1. The lowest BCUT2D eigenvalue weighted by atomic mass is 9.70. The van der Waals surface area contributed by atoms with Crippen molar-refractivity contribution in [1.82, 2.24) is 14.8 Å². The smallest absolute Gasteiger partial charge is 0.229 e. The van der Waals surface area contributed by atoms with Gasteiger partial charge in [-0.05, 0) is 86.5 Å². The van der Waals surface area contributed by atoms with Crippen molar-refractivity contribution in [1.29, 1.82) is 0 Å². The summed E-state index contributed by atoms with van der Waals surface area (Å²) in [5, 5.41) is 0.713. The number of fused-ring (bicyclic) bond motifs is 2. The lowest BCUT2D eigenvalue weighted by Crippen LogP contribution is -2.51. The highest BCUT2D eigenvalue weighted by Crippen LogP contribution is 2.48. The Morgan fingerprint density at radius 3 is 2.30 bits per heavy atom. The zero-order valence-corrected chi connectivity index (χ0v) is 24.3. The maximum atomic E-state index is 13.1. The Labute approximate surface area is 245 Å². The average Bonchev–Trinajstić information content (AvgIpc) is 2.96. The first kappa shape index (κ1) is 27.3. The molecule has 8 heteroatoms. The van der Waals surface area contributed by atoms with Gasteiger partial charge in [0.05, 0.1) is 10.6 Å². The van der Waals surface area contributed by atoms with Gasteiger partial charge in [0.25, 0.3) is 0 Å². The molecule has 0 atom stereocenters. The fourth-order valence-corrected chi connectivity index (χ4v) is 7.51. The van der Waals surface area contributed by atoms with E-state index in [-0.39, 0.29) is 17.2 Å². The molecule has 1 aromatic heterocycles. The number of aromatic nitrogens is 1. The third kappa shape index (κ3) is 5.92. The van der Waals surface area contributed by atoms with Crippen molar-refractivity contribution in [2.45, 2.75) is 61.3 Å². The number of carbonyl (C=O) groups excluding carboxylic acids is 2. The summed E-state index contributed by atoms with van der Waals surface area (Å²) in [4.78, 5) is 39.5. The number of hydrogen-bond acceptors (Lipinski definition) is 6. The van der Waals surface area contributed by atoms with Crippen LogP contribution in [0.15, 0.2) is 76.7 Å². The molecule has 0 saturated carbocycles. The molecule has 0 aliphatic carbocycles. The minimum Gasteiger partial charge on any atom is -0.324 e. The molecule has 6 nitrogen and oxygen atoms in total. The number of benzene rings is 2. The molecule has 208 valence electrons. The van der Waals surface area contributed by atoms with Gasteiger partial charge in [-0.1, -0.05) is 53.7 Å². The van der Waals surface area contributed by atoms with Crippen LogP contribution < -0.4 is 4.90 Å². The van der Waals surface area contributed by atoms with Crippen LogP contribution in [0.4, 0.5) is 11.5 Å². The molecule has 2 saturated heterocycles. The highest BCUT2D eigenvalue weighted by Gasteiger charge is 2.44. The molecule has 6 rings (SSSR count). The second-order valence-electron chi connectivity index (χ2n) is 11.3. The molecule has 2 aromatic carbocycles. The predicted octanol–water partition coefficient (Wildman–Crippen LogP) is 6.94. The van der Waals surface area contributed by atoms with E-state index in [0.717, 1.165) is 74.7 Å². The SMILES string of the molecule is O=C1CC2(CCN(Cc3ccccc3)CC2)CC(=O)N1CCCCCN1c2cc(Cl)ccc2Sc2cccnc21. The summed E-state index contributed by atoms with van der Waals surface area (Å²) in [6, 6.07) is 20.6. The highest BCUT2D eigenvalue weighted by atomic mass is 35.5. The van der Waals surface area contributed by atoms with Crippen LogP contribution in [0.3, 0.4) is 0 Å². The van der Waals surface area contributed by atoms with E-state index in [1.807, 2.05) is 30.5 Å². The van der Waals surface area contributed by atoms with Crippen LogP contribution in [0.5, 0.6) is 0 Å². The lowest BCUT2D eigenvalue weighted by Gasteiger charge is -2.45. The molecular weight excluding hydrogens is 540 g/mol. The Balaban J connectivity index is 0.986. The molecule has 4 heterocycles. The average molecular weight is 575 g/mol. The van der Waals surface area contributed by atoms with Gasteiger partial charge in [-0.3, -0.25) is 19.4 Å². The molecule has 1 spiro atoms. The van der Waals surface area contributed by atoms with Crippen molar-refractivity contribution < 1.29 is 9.59 Å².